The van der Waals surface area contributed by atoms with Crippen LogP contribution in [0.3, 0.4) is 0 Å². The summed E-state index contributed by atoms with van der Waals surface area (Å²) in [5.74, 6) is 0. The van der Waals surface area contributed by atoms with E-state index in [1.54, 1.807) is 11.3 Å². The van der Waals surface area contributed by atoms with Crippen LogP contribution < -0.4 is 5.73 Å². The number of rotatable bonds is 4. The van der Waals surface area contributed by atoms with Crippen molar-refractivity contribution >= 4 is 54.0 Å². The molecule has 1 aromatic carbocycles. The summed E-state index contributed by atoms with van der Waals surface area (Å²) in [5.41, 5.74) is 7.78. The lowest BCUT2D eigenvalue weighted by Crippen LogP contribution is -1.90. The van der Waals surface area contributed by atoms with Gasteiger partial charge in [0.05, 0.1) is 20.9 Å². The van der Waals surface area contributed by atoms with Crippen molar-refractivity contribution in [3.05, 3.63) is 38.8 Å². The zero-order valence-corrected chi connectivity index (χ0v) is 13.3. The molecule has 0 radical (unpaired) electrons. The van der Waals surface area contributed by atoms with Gasteiger partial charge in [0.2, 0.25) is 0 Å². The number of nitrogens with two attached hydrogens (primary N) is 1. The Labute approximate surface area is 127 Å². The van der Waals surface area contributed by atoms with E-state index in [2.05, 4.69) is 44.1 Å². The number of halogens is 1. The molecule has 0 aliphatic heterocycles. The van der Waals surface area contributed by atoms with Gasteiger partial charge < -0.3 is 5.73 Å². The third kappa shape index (κ3) is 3.13. The minimum absolute atomic E-state index is 0.653. The van der Waals surface area contributed by atoms with Gasteiger partial charge in [0, 0.05) is 9.85 Å². The summed E-state index contributed by atoms with van der Waals surface area (Å²) in [5, 5.41) is 3.88. The van der Waals surface area contributed by atoms with Crippen molar-refractivity contribution in [1.29, 1.82) is 0 Å². The number of aromatic nitrogens is 2. The van der Waals surface area contributed by atoms with Crippen LogP contribution in [0.15, 0.2) is 28.1 Å². The minimum Gasteiger partial charge on any atom is -0.375 e. The van der Waals surface area contributed by atoms with Crippen LogP contribution in [0.25, 0.3) is 10.2 Å². The summed E-state index contributed by atoms with van der Waals surface area (Å²) >= 11 is 6.75. The quantitative estimate of drug-likeness (QED) is 0.761. The van der Waals surface area contributed by atoms with Crippen LogP contribution in [0.2, 0.25) is 0 Å². The van der Waals surface area contributed by atoms with E-state index < -0.39 is 0 Å². The van der Waals surface area contributed by atoms with Crippen molar-refractivity contribution < 1.29 is 0 Å². The van der Waals surface area contributed by atoms with E-state index in [0.717, 1.165) is 34.9 Å². The fourth-order valence-corrected chi connectivity index (χ4v) is 3.85. The maximum Gasteiger partial charge on any atom is 0.180 e. The Kier molecular flexibility index (Phi) is 3.81. The molecular formula is C13H12BrN3S2. The molecule has 2 N–H and O–H groups in total. The number of benzene rings is 1. The topological polar surface area (TPSA) is 51.8 Å². The Morgan fingerprint density at radius 3 is 2.89 bits per heavy atom. The number of hydrogen-bond acceptors (Lipinski definition) is 5. The molecule has 6 heteroatoms. The van der Waals surface area contributed by atoms with Crippen LogP contribution in [0, 0.1) is 0 Å². The summed E-state index contributed by atoms with van der Waals surface area (Å²) in [6, 6.07) is 6.24. The average molecular weight is 354 g/mol. The fraction of sp³-hybridized carbons (Fsp3) is 0.231. The lowest BCUT2D eigenvalue weighted by atomic mass is 10.2. The third-order valence-corrected chi connectivity index (χ3v) is 5.10. The maximum atomic E-state index is 5.62. The molecule has 0 spiro atoms. The summed E-state index contributed by atoms with van der Waals surface area (Å²) in [7, 11) is 0. The van der Waals surface area contributed by atoms with Crippen LogP contribution in [-0.2, 0) is 12.8 Å². The molecule has 0 amide bonds. The van der Waals surface area contributed by atoms with E-state index in [1.165, 1.54) is 21.0 Å². The number of nitrogens with zero attached hydrogens (tertiary/aromatic N) is 2. The number of anilines is 1. The van der Waals surface area contributed by atoms with Gasteiger partial charge in [-0.25, -0.2) is 9.97 Å². The van der Waals surface area contributed by atoms with E-state index >= 15 is 0 Å². The normalized spacial score (nSPS) is 11.2. The molecule has 0 fully saturated rings. The fourth-order valence-electron chi connectivity index (χ4n) is 1.91. The predicted molar refractivity (Wildman–Crippen MR) is 85.9 cm³/mol. The number of hydrogen-bond donors (Lipinski definition) is 1. The summed E-state index contributed by atoms with van der Waals surface area (Å²) < 4.78 is 2.32. The zero-order valence-electron chi connectivity index (χ0n) is 10.1. The molecule has 2 aromatic heterocycles. The second kappa shape index (κ2) is 5.56. The van der Waals surface area contributed by atoms with Gasteiger partial charge in [0.15, 0.2) is 5.13 Å². The summed E-state index contributed by atoms with van der Waals surface area (Å²) in [4.78, 5) is 8.93. The largest absolute Gasteiger partial charge is 0.375 e. The van der Waals surface area contributed by atoms with Crippen LogP contribution >= 0.6 is 38.6 Å². The van der Waals surface area contributed by atoms with E-state index in [0.29, 0.717) is 5.13 Å². The van der Waals surface area contributed by atoms with Gasteiger partial charge in [-0.3, -0.25) is 0 Å². The van der Waals surface area contributed by atoms with Gasteiger partial charge in [-0.15, -0.1) is 22.7 Å². The number of nitrogen functional groups attached to an aromatic ring is 1. The Hall–Kier alpha value is -0.980. The van der Waals surface area contributed by atoms with E-state index in [-0.39, 0.29) is 0 Å². The van der Waals surface area contributed by atoms with Gasteiger partial charge in [-0.1, -0.05) is 15.9 Å². The zero-order chi connectivity index (χ0) is 13.2. The van der Waals surface area contributed by atoms with Crippen molar-refractivity contribution in [2.45, 2.75) is 19.3 Å². The van der Waals surface area contributed by atoms with Crippen LogP contribution in [0.1, 0.15) is 17.1 Å². The number of fused-ring (bicyclic) bond motifs is 1. The third-order valence-electron chi connectivity index (χ3n) is 2.79. The van der Waals surface area contributed by atoms with Gasteiger partial charge in [0.25, 0.3) is 0 Å². The smallest absolute Gasteiger partial charge is 0.180 e. The summed E-state index contributed by atoms with van der Waals surface area (Å²) in [6.07, 6.45) is 3.02. The second-order valence-electron chi connectivity index (χ2n) is 4.25. The molecule has 0 aliphatic carbocycles. The highest BCUT2D eigenvalue weighted by molar-refractivity contribution is 9.10. The first-order valence-electron chi connectivity index (χ1n) is 5.95. The lowest BCUT2D eigenvalue weighted by Gasteiger charge is -1.94. The maximum absolute atomic E-state index is 5.62. The minimum atomic E-state index is 0.653. The van der Waals surface area contributed by atoms with Crippen LogP contribution in [0.5, 0.6) is 0 Å². The van der Waals surface area contributed by atoms with Crippen LogP contribution in [-0.4, -0.2) is 9.97 Å². The van der Waals surface area contributed by atoms with Crippen molar-refractivity contribution in [3.8, 4) is 0 Å². The van der Waals surface area contributed by atoms with Gasteiger partial charge >= 0.3 is 0 Å². The van der Waals surface area contributed by atoms with Crippen molar-refractivity contribution in [2.24, 2.45) is 0 Å². The van der Waals surface area contributed by atoms with Gasteiger partial charge in [-0.05, 0) is 37.5 Å². The molecule has 0 atom stereocenters. The van der Waals surface area contributed by atoms with Crippen molar-refractivity contribution in [2.75, 3.05) is 5.73 Å². The highest BCUT2D eigenvalue weighted by Crippen LogP contribution is 2.26. The molecule has 3 nitrogen and oxygen atoms in total. The molecule has 3 rings (SSSR count). The Bertz CT molecular complexity index is 705. The SMILES string of the molecule is Nc1nc(CCCc2nc3cc(Br)ccc3s2)cs1. The standard InChI is InChI=1S/C13H12BrN3S2/c14-8-4-5-11-10(6-8)17-12(19-11)3-1-2-9-7-18-13(15)16-9/h4-7H,1-3H2,(H2,15,16). The molecule has 19 heavy (non-hydrogen) atoms. The predicted octanol–water partition coefficient (Wildman–Crippen LogP) is 4.27. The lowest BCUT2D eigenvalue weighted by molar-refractivity contribution is 0.801. The van der Waals surface area contributed by atoms with Crippen molar-refractivity contribution in [3.63, 3.8) is 0 Å². The highest BCUT2D eigenvalue weighted by atomic mass is 79.9. The first-order valence-corrected chi connectivity index (χ1v) is 8.44. The van der Waals surface area contributed by atoms with Gasteiger partial charge in [-0.2, -0.15) is 0 Å². The van der Waals surface area contributed by atoms with E-state index in [1.807, 2.05) is 5.38 Å². The Morgan fingerprint density at radius 2 is 2.11 bits per heavy atom. The molecule has 2 heterocycles. The molecule has 0 aliphatic rings. The Balaban J connectivity index is 1.65. The van der Waals surface area contributed by atoms with Gasteiger partial charge in [0.1, 0.15) is 0 Å². The molecular weight excluding hydrogens is 342 g/mol. The highest BCUT2D eigenvalue weighted by Gasteiger charge is 2.05. The van der Waals surface area contributed by atoms with Crippen LogP contribution in [0.4, 0.5) is 5.13 Å². The van der Waals surface area contributed by atoms with E-state index in [4.69, 9.17) is 5.73 Å². The molecule has 0 saturated carbocycles. The molecule has 0 unspecified atom stereocenters. The monoisotopic (exact) mass is 353 g/mol. The van der Waals surface area contributed by atoms with E-state index in [9.17, 15) is 0 Å². The molecule has 0 saturated heterocycles. The first-order chi connectivity index (χ1) is 9.20. The number of thiazole rings is 2. The number of aryl methyl sites for hydroxylation is 2. The summed E-state index contributed by atoms with van der Waals surface area (Å²) in [6.45, 7) is 0. The molecule has 3 aromatic rings. The second-order valence-corrected chi connectivity index (χ2v) is 7.17. The molecule has 98 valence electrons. The molecule has 0 bridgehead atoms. The van der Waals surface area contributed by atoms with Crippen molar-refractivity contribution in [1.82, 2.24) is 9.97 Å². The Morgan fingerprint density at radius 1 is 1.21 bits per heavy atom. The average Bonchev–Trinajstić information content (AvgIpc) is 2.95. The first kappa shape index (κ1) is 13.0.